The number of carboxylic acids is 1. The van der Waals surface area contributed by atoms with E-state index in [2.05, 4.69) is 5.32 Å². The predicted molar refractivity (Wildman–Crippen MR) is 74.2 cm³/mol. The van der Waals surface area contributed by atoms with Gasteiger partial charge >= 0.3 is 5.97 Å². The van der Waals surface area contributed by atoms with E-state index in [9.17, 15) is 9.59 Å². The van der Waals surface area contributed by atoms with Crippen molar-refractivity contribution in [2.45, 2.75) is 39.7 Å². The maximum absolute atomic E-state index is 12.0. The molecule has 0 spiro atoms. The van der Waals surface area contributed by atoms with E-state index < -0.39 is 11.9 Å². The van der Waals surface area contributed by atoms with Gasteiger partial charge in [-0.3, -0.25) is 9.59 Å². The van der Waals surface area contributed by atoms with E-state index in [1.54, 1.807) is 25.1 Å². The highest BCUT2D eigenvalue weighted by atomic mass is 16.4. The minimum atomic E-state index is -0.829. The highest BCUT2D eigenvalue weighted by Crippen LogP contribution is 2.12. The molecule has 1 aromatic carbocycles. The van der Waals surface area contributed by atoms with Gasteiger partial charge in [-0.25, -0.2) is 0 Å². The molecule has 0 saturated carbocycles. The SMILES string of the molecule is C[C@@H](Cc1cccc(C(=O)NC(C)(C)C)c1)C(=O)O. The van der Waals surface area contributed by atoms with Gasteiger partial charge in [0, 0.05) is 11.1 Å². The summed E-state index contributed by atoms with van der Waals surface area (Å²) in [6.45, 7) is 7.41. The summed E-state index contributed by atoms with van der Waals surface area (Å²) in [7, 11) is 0. The second kappa shape index (κ2) is 5.87. The lowest BCUT2D eigenvalue weighted by Crippen LogP contribution is -2.40. The van der Waals surface area contributed by atoms with Gasteiger partial charge in [0.1, 0.15) is 0 Å². The molecule has 104 valence electrons. The van der Waals surface area contributed by atoms with Gasteiger partial charge < -0.3 is 10.4 Å². The van der Waals surface area contributed by atoms with Gasteiger partial charge in [0.15, 0.2) is 0 Å². The summed E-state index contributed by atoms with van der Waals surface area (Å²) in [5.74, 6) is -1.43. The minimum absolute atomic E-state index is 0.141. The lowest BCUT2D eigenvalue weighted by Gasteiger charge is -2.20. The van der Waals surface area contributed by atoms with Crippen molar-refractivity contribution >= 4 is 11.9 Å². The normalized spacial score (nSPS) is 12.8. The van der Waals surface area contributed by atoms with E-state index >= 15 is 0 Å². The van der Waals surface area contributed by atoms with Crippen molar-refractivity contribution in [3.63, 3.8) is 0 Å². The van der Waals surface area contributed by atoms with Crippen molar-refractivity contribution in [1.82, 2.24) is 5.32 Å². The summed E-state index contributed by atoms with van der Waals surface area (Å²) in [5, 5.41) is 11.8. The van der Waals surface area contributed by atoms with Crippen molar-refractivity contribution < 1.29 is 14.7 Å². The molecule has 0 unspecified atom stereocenters. The Kier molecular flexibility index (Phi) is 4.70. The van der Waals surface area contributed by atoms with Crippen LogP contribution < -0.4 is 5.32 Å². The van der Waals surface area contributed by atoms with Crippen molar-refractivity contribution in [2.24, 2.45) is 5.92 Å². The number of carbonyl (C=O) groups is 2. The number of nitrogens with one attached hydrogen (secondary N) is 1. The maximum atomic E-state index is 12.0. The first-order chi connectivity index (χ1) is 8.69. The Morgan fingerprint density at radius 2 is 1.95 bits per heavy atom. The molecular formula is C15H21NO3. The van der Waals surface area contributed by atoms with E-state index in [-0.39, 0.29) is 11.4 Å². The Labute approximate surface area is 113 Å². The summed E-state index contributed by atoms with van der Waals surface area (Å²) >= 11 is 0. The molecule has 0 aromatic heterocycles. The van der Waals surface area contributed by atoms with Crippen LogP contribution >= 0.6 is 0 Å². The highest BCUT2D eigenvalue weighted by molar-refractivity contribution is 5.94. The summed E-state index contributed by atoms with van der Waals surface area (Å²) in [5.41, 5.74) is 1.13. The largest absolute Gasteiger partial charge is 0.481 e. The zero-order valence-corrected chi connectivity index (χ0v) is 11.9. The van der Waals surface area contributed by atoms with Gasteiger partial charge in [-0.15, -0.1) is 0 Å². The summed E-state index contributed by atoms with van der Waals surface area (Å²) < 4.78 is 0. The predicted octanol–water partition coefficient (Wildman–Crippen LogP) is 2.48. The van der Waals surface area contributed by atoms with E-state index in [1.165, 1.54) is 0 Å². The highest BCUT2D eigenvalue weighted by Gasteiger charge is 2.16. The Hall–Kier alpha value is -1.84. The third-order valence-corrected chi connectivity index (χ3v) is 2.64. The molecule has 0 saturated heterocycles. The molecule has 0 bridgehead atoms. The maximum Gasteiger partial charge on any atom is 0.306 e. The fraction of sp³-hybridized carbons (Fsp3) is 0.467. The molecule has 0 aliphatic carbocycles. The number of carboxylic acid groups (broad SMARTS) is 1. The molecule has 0 radical (unpaired) electrons. The minimum Gasteiger partial charge on any atom is -0.481 e. The van der Waals surface area contributed by atoms with Crippen LogP contribution in [0.1, 0.15) is 43.6 Å². The summed E-state index contributed by atoms with van der Waals surface area (Å²) in [4.78, 5) is 22.8. The first-order valence-electron chi connectivity index (χ1n) is 6.33. The zero-order chi connectivity index (χ0) is 14.6. The molecular weight excluding hydrogens is 242 g/mol. The topological polar surface area (TPSA) is 66.4 Å². The molecule has 1 amide bonds. The van der Waals surface area contributed by atoms with E-state index in [4.69, 9.17) is 5.11 Å². The number of rotatable bonds is 4. The fourth-order valence-electron chi connectivity index (χ4n) is 1.69. The number of benzene rings is 1. The van der Waals surface area contributed by atoms with Gasteiger partial charge in [0.25, 0.3) is 5.91 Å². The van der Waals surface area contributed by atoms with Crippen LogP contribution in [0.25, 0.3) is 0 Å². The molecule has 0 aliphatic heterocycles. The summed E-state index contributed by atoms with van der Waals surface area (Å²) in [6, 6.07) is 7.10. The first-order valence-corrected chi connectivity index (χ1v) is 6.33. The smallest absolute Gasteiger partial charge is 0.306 e. The molecule has 0 heterocycles. The molecule has 1 aromatic rings. The van der Waals surface area contributed by atoms with Crippen LogP contribution in [0.3, 0.4) is 0 Å². The molecule has 0 aliphatic rings. The van der Waals surface area contributed by atoms with E-state index in [0.717, 1.165) is 5.56 Å². The number of carbonyl (C=O) groups excluding carboxylic acids is 1. The molecule has 19 heavy (non-hydrogen) atoms. The van der Waals surface area contributed by atoms with Gasteiger partial charge in [-0.05, 0) is 44.9 Å². The van der Waals surface area contributed by atoms with Crippen molar-refractivity contribution in [3.05, 3.63) is 35.4 Å². The average molecular weight is 263 g/mol. The zero-order valence-electron chi connectivity index (χ0n) is 11.9. The second-order valence-corrected chi connectivity index (χ2v) is 5.85. The van der Waals surface area contributed by atoms with Crippen LogP contribution in [0.15, 0.2) is 24.3 Å². The van der Waals surface area contributed by atoms with Gasteiger partial charge in [0.05, 0.1) is 5.92 Å². The number of aliphatic carboxylic acids is 1. The van der Waals surface area contributed by atoms with Crippen LogP contribution in [-0.2, 0) is 11.2 Å². The molecule has 1 rings (SSSR count). The van der Waals surface area contributed by atoms with Crippen LogP contribution in [0.5, 0.6) is 0 Å². The lowest BCUT2D eigenvalue weighted by atomic mass is 9.99. The summed E-state index contributed by atoms with van der Waals surface area (Å²) in [6.07, 6.45) is 0.423. The molecule has 4 nitrogen and oxygen atoms in total. The van der Waals surface area contributed by atoms with Crippen LogP contribution in [0.4, 0.5) is 0 Å². The average Bonchev–Trinajstić information content (AvgIpc) is 2.27. The van der Waals surface area contributed by atoms with Crippen molar-refractivity contribution in [3.8, 4) is 0 Å². The second-order valence-electron chi connectivity index (χ2n) is 5.85. The van der Waals surface area contributed by atoms with Gasteiger partial charge in [-0.2, -0.15) is 0 Å². The Bertz CT molecular complexity index is 475. The third kappa shape index (κ3) is 5.12. The van der Waals surface area contributed by atoms with Gasteiger partial charge in [0.2, 0.25) is 0 Å². The van der Waals surface area contributed by atoms with Crippen molar-refractivity contribution in [1.29, 1.82) is 0 Å². The standard InChI is InChI=1S/C15H21NO3/c1-10(14(18)19)8-11-6-5-7-12(9-11)13(17)16-15(2,3)4/h5-7,9-10H,8H2,1-4H3,(H,16,17)(H,18,19)/t10-/m0/s1. The molecule has 2 N–H and O–H groups in total. The Morgan fingerprint density at radius 3 is 2.47 bits per heavy atom. The Balaban J connectivity index is 2.82. The molecule has 4 heteroatoms. The Morgan fingerprint density at radius 1 is 1.32 bits per heavy atom. The number of hydrogen-bond donors (Lipinski definition) is 2. The number of amides is 1. The molecule has 1 atom stereocenters. The fourth-order valence-corrected chi connectivity index (χ4v) is 1.69. The van der Waals surface area contributed by atoms with Gasteiger partial charge in [-0.1, -0.05) is 19.1 Å². The quantitative estimate of drug-likeness (QED) is 0.877. The molecule has 0 fully saturated rings. The van der Waals surface area contributed by atoms with E-state index in [1.807, 2.05) is 26.8 Å². The van der Waals surface area contributed by atoms with Crippen molar-refractivity contribution in [2.75, 3.05) is 0 Å². The monoisotopic (exact) mass is 263 g/mol. The van der Waals surface area contributed by atoms with Crippen LogP contribution in [0.2, 0.25) is 0 Å². The number of hydrogen-bond acceptors (Lipinski definition) is 2. The van der Waals surface area contributed by atoms with Crippen LogP contribution in [-0.4, -0.2) is 22.5 Å². The third-order valence-electron chi connectivity index (χ3n) is 2.64. The lowest BCUT2D eigenvalue weighted by molar-refractivity contribution is -0.141. The van der Waals surface area contributed by atoms with Crippen LogP contribution in [0, 0.1) is 5.92 Å². The first kappa shape index (κ1) is 15.2. The van der Waals surface area contributed by atoms with E-state index in [0.29, 0.717) is 12.0 Å².